The lowest BCUT2D eigenvalue weighted by Crippen LogP contribution is -2.12. The van der Waals surface area contributed by atoms with Crippen molar-refractivity contribution in [3.63, 3.8) is 0 Å². The number of hydrogen-bond acceptors (Lipinski definition) is 7. The Hall–Kier alpha value is -2.88. The fourth-order valence-corrected chi connectivity index (χ4v) is 4.51. The number of carbonyl (C=O) groups is 1. The molecule has 9 heteroatoms. The van der Waals surface area contributed by atoms with Gasteiger partial charge in [0.25, 0.3) is 5.91 Å². The molecule has 0 aliphatic rings. The number of hydrogen-bond donors (Lipinski definition) is 2. The molecule has 3 N–H and O–H groups in total. The first-order chi connectivity index (χ1) is 14.1. The zero-order valence-electron chi connectivity index (χ0n) is 15.7. The number of benzene rings is 1. The van der Waals surface area contributed by atoms with Crippen molar-refractivity contribution >= 4 is 28.8 Å². The van der Waals surface area contributed by atoms with Gasteiger partial charge in [-0.25, -0.2) is 4.98 Å². The van der Waals surface area contributed by atoms with Crippen LogP contribution in [0.25, 0.3) is 33.2 Å². The SMILES string of the molecule is Cc1c(C(N)=O)cc(-c2csc(-c3ccc(-c4csnn4)cc3)n2)n1CCCO. The summed E-state index contributed by atoms with van der Waals surface area (Å²) in [6, 6.07) is 9.83. The largest absolute Gasteiger partial charge is 0.396 e. The van der Waals surface area contributed by atoms with E-state index >= 15 is 0 Å². The minimum atomic E-state index is -0.464. The molecule has 4 aromatic rings. The summed E-state index contributed by atoms with van der Waals surface area (Å²) in [5, 5.41) is 18.1. The number of carbonyl (C=O) groups excluding carboxylic acids is 1. The van der Waals surface area contributed by atoms with Crippen molar-refractivity contribution in [3.05, 3.63) is 52.3 Å². The van der Waals surface area contributed by atoms with Crippen molar-refractivity contribution in [2.75, 3.05) is 6.61 Å². The van der Waals surface area contributed by atoms with Crippen LogP contribution in [0.2, 0.25) is 0 Å². The second-order valence-corrected chi connectivity index (χ2v) is 8.00. The molecule has 0 spiro atoms. The van der Waals surface area contributed by atoms with Gasteiger partial charge in [-0.15, -0.1) is 16.4 Å². The monoisotopic (exact) mass is 425 g/mol. The van der Waals surface area contributed by atoms with E-state index in [-0.39, 0.29) is 6.61 Å². The Morgan fingerprint density at radius 3 is 2.59 bits per heavy atom. The van der Waals surface area contributed by atoms with Gasteiger partial charge in [-0.05, 0) is 30.9 Å². The van der Waals surface area contributed by atoms with E-state index in [0.29, 0.717) is 18.5 Å². The van der Waals surface area contributed by atoms with E-state index < -0.39 is 5.91 Å². The summed E-state index contributed by atoms with van der Waals surface area (Å²) in [5.74, 6) is -0.464. The highest BCUT2D eigenvalue weighted by molar-refractivity contribution is 7.13. The standard InChI is InChI=1S/C20H19N5O2S2/c1-12-15(19(21)27)9-18(25(12)7-2-8-26)17-10-28-20(22-17)14-5-3-13(4-6-14)16-11-29-24-23-16/h3-6,9-11,26H,2,7-8H2,1H3,(H2,21,27). The minimum Gasteiger partial charge on any atom is -0.396 e. The minimum absolute atomic E-state index is 0.0755. The predicted molar refractivity (Wildman–Crippen MR) is 115 cm³/mol. The predicted octanol–water partition coefficient (Wildman–Crippen LogP) is 3.59. The van der Waals surface area contributed by atoms with Gasteiger partial charge in [0.2, 0.25) is 0 Å². The molecule has 0 radical (unpaired) electrons. The topological polar surface area (TPSA) is 107 Å². The molecule has 0 saturated carbocycles. The van der Waals surface area contributed by atoms with Gasteiger partial charge in [0.1, 0.15) is 10.7 Å². The zero-order chi connectivity index (χ0) is 20.4. The quantitative estimate of drug-likeness (QED) is 0.471. The molecular weight excluding hydrogens is 406 g/mol. The molecule has 148 valence electrons. The van der Waals surface area contributed by atoms with Crippen LogP contribution < -0.4 is 5.73 Å². The van der Waals surface area contributed by atoms with E-state index in [4.69, 9.17) is 10.7 Å². The summed E-state index contributed by atoms with van der Waals surface area (Å²) in [6.45, 7) is 2.53. The third-order valence-electron chi connectivity index (χ3n) is 4.73. The van der Waals surface area contributed by atoms with Crippen LogP contribution in [-0.4, -0.2) is 36.8 Å². The molecule has 0 fully saturated rings. The van der Waals surface area contributed by atoms with E-state index in [9.17, 15) is 9.90 Å². The number of amides is 1. The summed E-state index contributed by atoms with van der Waals surface area (Å²) >= 11 is 2.87. The summed E-state index contributed by atoms with van der Waals surface area (Å²) in [5.41, 5.74) is 11.3. The Kier molecular flexibility index (Phi) is 5.52. The summed E-state index contributed by atoms with van der Waals surface area (Å²) in [4.78, 5) is 16.6. The van der Waals surface area contributed by atoms with Crippen LogP contribution in [0.3, 0.4) is 0 Å². The number of rotatable bonds is 7. The lowest BCUT2D eigenvalue weighted by Gasteiger charge is -2.09. The summed E-state index contributed by atoms with van der Waals surface area (Å²) < 4.78 is 5.89. The van der Waals surface area contributed by atoms with Gasteiger partial charge in [-0.2, -0.15) is 0 Å². The van der Waals surface area contributed by atoms with Crippen LogP contribution >= 0.6 is 22.9 Å². The molecule has 3 heterocycles. The van der Waals surface area contributed by atoms with Gasteiger partial charge >= 0.3 is 0 Å². The average Bonchev–Trinajstić information content (AvgIpc) is 3.47. The van der Waals surface area contributed by atoms with Gasteiger partial charge in [0.05, 0.1) is 17.0 Å². The number of nitrogens with zero attached hydrogens (tertiary/aromatic N) is 4. The average molecular weight is 426 g/mol. The van der Waals surface area contributed by atoms with Crippen molar-refractivity contribution in [1.29, 1.82) is 0 Å². The molecule has 1 aromatic carbocycles. The second kappa shape index (κ2) is 8.24. The van der Waals surface area contributed by atoms with Crippen LogP contribution in [0, 0.1) is 6.92 Å². The fraction of sp³-hybridized carbons (Fsp3) is 0.200. The normalized spacial score (nSPS) is 11.1. The maximum atomic E-state index is 11.8. The van der Waals surface area contributed by atoms with E-state index in [0.717, 1.165) is 38.9 Å². The maximum Gasteiger partial charge on any atom is 0.250 e. The molecule has 0 aliphatic carbocycles. The van der Waals surface area contributed by atoms with Crippen LogP contribution in [0.5, 0.6) is 0 Å². The molecule has 1 amide bonds. The van der Waals surface area contributed by atoms with E-state index in [2.05, 4.69) is 9.59 Å². The third kappa shape index (κ3) is 3.84. The lowest BCUT2D eigenvalue weighted by molar-refractivity contribution is 0.0999. The van der Waals surface area contributed by atoms with Crippen molar-refractivity contribution in [2.24, 2.45) is 5.73 Å². The van der Waals surface area contributed by atoms with Gasteiger partial charge < -0.3 is 15.4 Å². The fourth-order valence-electron chi connectivity index (χ4n) is 3.22. The van der Waals surface area contributed by atoms with Crippen molar-refractivity contribution < 1.29 is 9.90 Å². The summed E-state index contributed by atoms with van der Waals surface area (Å²) in [7, 11) is 0. The smallest absolute Gasteiger partial charge is 0.250 e. The first-order valence-electron chi connectivity index (χ1n) is 9.03. The van der Waals surface area contributed by atoms with E-state index in [1.54, 1.807) is 17.4 Å². The molecule has 7 nitrogen and oxygen atoms in total. The highest BCUT2D eigenvalue weighted by Crippen LogP contribution is 2.32. The van der Waals surface area contributed by atoms with Crippen LogP contribution in [0.4, 0.5) is 0 Å². The van der Waals surface area contributed by atoms with Crippen molar-refractivity contribution in [3.8, 4) is 33.2 Å². The van der Waals surface area contributed by atoms with E-state index in [1.165, 1.54) is 11.5 Å². The van der Waals surface area contributed by atoms with Crippen LogP contribution in [0.1, 0.15) is 22.5 Å². The molecule has 0 unspecified atom stereocenters. The lowest BCUT2D eigenvalue weighted by atomic mass is 10.1. The van der Waals surface area contributed by atoms with Gasteiger partial charge in [-0.3, -0.25) is 4.79 Å². The number of nitrogens with two attached hydrogens (primary N) is 1. The molecule has 4 rings (SSSR count). The number of aliphatic hydroxyl groups excluding tert-OH is 1. The molecule has 0 bridgehead atoms. The Balaban J connectivity index is 1.67. The maximum absolute atomic E-state index is 11.8. The first-order valence-corrected chi connectivity index (χ1v) is 10.7. The highest BCUT2D eigenvalue weighted by Gasteiger charge is 2.18. The Labute approximate surface area is 175 Å². The Morgan fingerprint density at radius 1 is 1.17 bits per heavy atom. The molecule has 0 atom stereocenters. The Morgan fingerprint density at radius 2 is 1.93 bits per heavy atom. The number of aromatic nitrogens is 4. The van der Waals surface area contributed by atoms with Gasteiger partial charge in [0, 0.05) is 40.7 Å². The molecule has 0 saturated heterocycles. The first kappa shape index (κ1) is 19.4. The van der Waals surface area contributed by atoms with Crippen LogP contribution in [0.15, 0.2) is 41.1 Å². The zero-order valence-corrected chi connectivity index (χ0v) is 17.3. The van der Waals surface area contributed by atoms with Crippen molar-refractivity contribution in [2.45, 2.75) is 19.9 Å². The highest BCUT2D eigenvalue weighted by atomic mass is 32.1. The summed E-state index contributed by atoms with van der Waals surface area (Å²) in [6.07, 6.45) is 0.588. The van der Waals surface area contributed by atoms with Crippen LogP contribution in [-0.2, 0) is 6.54 Å². The third-order valence-corrected chi connectivity index (χ3v) is 6.12. The van der Waals surface area contributed by atoms with Gasteiger partial charge in [-0.1, -0.05) is 28.8 Å². The molecule has 3 aromatic heterocycles. The Bertz CT molecular complexity index is 1130. The molecule has 0 aliphatic heterocycles. The molecular formula is C20H19N5O2S2. The second-order valence-electron chi connectivity index (χ2n) is 6.53. The van der Waals surface area contributed by atoms with E-state index in [1.807, 2.05) is 46.5 Å². The number of thiazole rings is 1. The van der Waals surface area contributed by atoms with Crippen molar-refractivity contribution in [1.82, 2.24) is 19.1 Å². The number of primary amides is 1. The van der Waals surface area contributed by atoms with Gasteiger partial charge in [0.15, 0.2) is 0 Å². The number of aliphatic hydroxyl groups is 1. The molecule has 29 heavy (non-hydrogen) atoms.